The number of hydrogen-bond acceptors (Lipinski definition) is 4. The second-order valence-corrected chi connectivity index (χ2v) is 1.71. The number of rotatable bonds is 0. The van der Waals surface area contributed by atoms with E-state index in [2.05, 4.69) is 5.43 Å². The molecule has 38 valence electrons. The molecule has 1 fully saturated rings. The van der Waals surface area contributed by atoms with Gasteiger partial charge in [0.05, 0.1) is 6.20 Å². The van der Waals surface area contributed by atoms with E-state index in [1.807, 2.05) is 11.2 Å². The van der Waals surface area contributed by atoms with Gasteiger partial charge in [0.15, 0.2) is 5.82 Å². The van der Waals surface area contributed by atoms with E-state index >= 15 is 0 Å². The summed E-state index contributed by atoms with van der Waals surface area (Å²) in [6, 6.07) is 0. The smallest absolute Gasteiger partial charge is 0.159 e. The highest BCUT2D eigenvalue weighted by Crippen LogP contribution is 2.18. The Kier molecular flexibility index (Phi) is 0.313. The molecule has 0 aromatic carbocycles. The summed E-state index contributed by atoms with van der Waals surface area (Å²) in [5.41, 5.74) is 2.97. The Labute approximate surface area is 41.1 Å². The summed E-state index contributed by atoms with van der Waals surface area (Å²) in [4.78, 5) is 0. The molecule has 2 heterocycles. The lowest BCUT2D eigenvalue weighted by molar-refractivity contribution is 0.312. The van der Waals surface area contributed by atoms with Crippen molar-refractivity contribution >= 4 is 0 Å². The van der Waals surface area contributed by atoms with Crippen LogP contribution in [0.15, 0.2) is 12.0 Å². The van der Waals surface area contributed by atoms with Gasteiger partial charge in [-0.1, -0.05) is 0 Å². The van der Waals surface area contributed by atoms with E-state index in [0.717, 1.165) is 12.5 Å². The predicted octanol–water partition coefficient (Wildman–Crippen LogP) is -1.25. The molecule has 2 rings (SSSR count). The average Bonchev–Trinajstić information content (AvgIpc) is 2.15. The van der Waals surface area contributed by atoms with E-state index in [4.69, 9.17) is 5.84 Å². The topological polar surface area (TPSA) is 54.2 Å². The summed E-state index contributed by atoms with van der Waals surface area (Å²) >= 11 is 0. The molecule has 4 heteroatoms. The minimum absolute atomic E-state index is 0.787. The second-order valence-electron chi connectivity index (χ2n) is 1.71. The summed E-state index contributed by atoms with van der Waals surface area (Å²) in [6.07, 6.45) is 1.86. The highest BCUT2D eigenvalue weighted by atomic mass is 15.8. The minimum atomic E-state index is 0.787. The molecule has 1 saturated heterocycles. The van der Waals surface area contributed by atoms with Crippen LogP contribution in [0, 0.1) is 0 Å². The van der Waals surface area contributed by atoms with Crippen LogP contribution in [0.2, 0.25) is 0 Å². The Hall–Kier alpha value is -0.900. The van der Waals surface area contributed by atoms with Gasteiger partial charge in [0.25, 0.3) is 0 Å². The molecule has 2 aliphatic rings. The maximum absolute atomic E-state index is 5.33. The lowest BCUT2D eigenvalue weighted by Crippen LogP contribution is -2.28. The van der Waals surface area contributed by atoms with Crippen LogP contribution in [-0.4, -0.2) is 16.7 Å². The fourth-order valence-corrected chi connectivity index (χ4v) is 0.685. The van der Waals surface area contributed by atoms with Crippen molar-refractivity contribution in [3.63, 3.8) is 0 Å². The van der Waals surface area contributed by atoms with Crippen molar-refractivity contribution in [1.29, 1.82) is 0 Å². The van der Waals surface area contributed by atoms with Crippen molar-refractivity contribution in [2.24, 2.45) is 5.84 Å². The number of nitrogens with zero attached hydrogens (tertiary/aromatic N) is 2. The molecule has 0 amide bonds. The molecule has 0 radical (unpaired) electrons. The zero-order valence-corrected chi connectivity index (χ0v) is 3.76. The molecule has 0 saturated carbocycles. The van der Waals surface area contributed by atoms with Gasteiger partial charge in [-0.25, -0.2) is 10.9 Å². The van der Waals surface area contributed by atoms with E-state index in [1.54, 1.807) is 5.01 Å². The largest absolute Gasteiger partial charge is 0.293 e. The van der Waals surface area contributed by atoms with Crippen LogP contribution < -0.4 is 11.3 Å². The fraction of sp³-hybridized carbons (Fsp3) is 0.333. The first-order valence-corrected chi connectivity index (χ1v) is 2.13. The average molecular weight is 98.1 g/mol. The highest BCUT2D eigenvalue weighted by molar-refractivity contribution is 5.12. The summed E-state index contributed by atoms with van der Waals surface area (Å²) in [5, 5.41) is 3.59. The van der Waals surface area contributed by atoms with Gasteiger partial charge in [-0.3, -0.25) is 10.4 Å². The van der Waals surface area contributed by atoms with E-state index < -0.39 is 0 Å². The van der Waals surface area contributed by atoms with E-state index in [9.17, 15) is 0 Å². The van der Waals surface area contributed by atoms with E-state index in [1.165, 1.54) is 0 Å². The third kappa shape index (κ3) is 0.286. The van der Waals surface area contributed by atoms with Gasteiger partial charge in [0.2, 0.25) is 0 Å². The number of fused-ring (bicyclic) bond motifs is 1. The van der Waals surface area contributed by atoms with Crippen molar-refractivity contribution in [3.8, 4) is 0 Å². The quantitative estimate of drug-likeness (QED) is 0.294. The number of nitrogens with one attached hydrogen (secondary N) is 1. The molecule has 4 nitrogen and oxygen atoms in total. The molecule has 3 N–H and O–H groups in total. The van der Waals surface area contributed by atoms with Crippen LogP contribution in [-0.2, 0) is 0 Å². The van der Waals surface area contributed by atoms with E-state index in [0.29, 0.717) is 0 Å². The third-order valence-electron chi connectivity index (χ3n) is 1.08. The molecule has 0 spiro atoms. The van der Waals surface area contributed by atoms with Gasteiger partial charge in [-0.15, -0.1) is 0 Å². The molecule has 2 aliphatic heterocycles. The standard InChI is InChI=1S/C3H6N4/c4-6-1-3-5-7(3)2-6/h1,5H,2,4H2. The summed E-state index contributed by atoms with van der Waals surface area (Å²) in [6.45, 7) is 0.787. The van der Waals surface area contributed by atoms with Crippen molar-refractivity contribution in [1.82, 2.24) is 15.4 Å². The van der Waals surface area contributed by atoms with Crippen molar-refractivity contribution in [3.05, 3.63) is 12.0 Å². The van der Waals surface area contributed by atoms with Gasteiger partial charge < -0.3 is 0 Å². The van der Waals surface area contributed by atoms with E-state index in [-0.39, 0.29) is 0 Å². The molecule has 0 aliphatic carbocycles. The Morgan fingerprint density at radius 3 is 3.00 bits per heavy atom. The zero-order valence-electron chi connectivity index (χ0n) is 3.76. The summed E-state index contributed by atoms with van der Waals surface area (Å²) in [7, 11) is 0. The second kappa shape index (κ2) is 0.696. The van der Waals surface area contributed by atoms with Crippen LogP contribution >= 0.6 is 0 Å². The molecular weight excluding hydrogens is 92.1 g/mol. The molecule has 0 atom stereocenters. The highest BCUT2D eigenvalue weighted by Gasteiger charge is 2.31. The predicted molar refractivity (Wildman–Crippen MR) is 24.0 cm³/mol. The number of hydrazine groups is 2. The van der Waals surface area contributed by atoms with Crippen molar-refractivity contribution in [2.75, 3.05) is 6.67 Å². The summed E-state index contributed by atoms with van der Waals surface area (Å²) in [5.74, 6) is 6.46. The molecule has 0 aromatic rings. The molecule has 0 aromatic heterocycles. The zero-order chi connectivity index (χ0) is 4.85. The number of hydrogen-bond donors (Lipinski definition) is 2. The third-order valence-corrected chi connectivity index (χ3v) is 1.08. The molecular formula is C3H6N4. The van der Waals surface area contributed by atoms with Crippen LogP contribution in [0.3, 0.4) is 0 Å². The molecule has 7 heavy (non-hydrogen) atoms. The first kappa shape index (κ1) is 3.15. The van der Waals surface area contributed by atoms with Gasteiger partial charge in [0.1, 0.15) is 6.67 Å². The van der Waals surface area contributed by atoms with Crippen LogP contribution in [0.1, 0.15) is 0 Å². The molecule has 0 unspecified atom stereocenters. The lowest BCUT2D eigenvalue weighted by atomic mass is 10.9. The Morgan fingerprint density at radius 1 is 1.86 bits per heavy atom. The van der Waals surface area contributed by atoms with Gasteiger partial charge >= 0.3 is 0 Å². The minimum Gasteiger partial charge on any atom is -0.293 e. The Balaban J connectivity index is 2.23. The van der Waals surface area contributed by atoms with Crippen LogP contribution in [0.4, 0.5) is 0 Å². The normalized spacial score (nSPS) is 23.9. The SMILES string of the molecule is NN1C=C2NN2C1. The Bertz CT molecular complexity index is 129. The van der Waals surface area contributed by atoms with Crippen LogP contribution in [0.25, 0.3) is 0 Å². The first-order chi connectivity index (χ1) is 3.36. The van der Waals surface area contributed by atoms with Gasteiger partial charge in [-0.2, -0.15) is 0 Å². The fourth-order valence-electron chi connectivity index (χ4n) is 0.685. The molecule has 0 bridgehead atoms. The van der Waals surface area contributed by atoms with Crippen LogP contribution in [0.5, 0.6) is 0 Å². The Morgan fingerprint density at radius 2 is 2.71 bits per heavy atom. The number of nitrogens with two attached hydrogens (primary N) is 1. The van der Waals surface area contributed by atoms with Crippen molar-refractivity contribution < 1.29 is 0 Å². The van der Waals surface area contributed by atoms with Gasteiger partial charge in [-0.05, 0) is 0 Å². The first-order valence-electron chi connectivity index (χ1n) is 2.13. The maximum atomic E-state index is 5.33. The maximum Gasteiger partial charge on any atom is 0.159 e. The van der Waals surface area contributed by atoms with Crippen molar-refractivity contribution in [2.45, 2.75) is 0 Å². The summed E-state index contributed by atoms with van der Waals surface area (Å²) < 4.78 is 0. The van der Waals surface area contributed by atoms with Gasteiger partial charge in [0, 0.05) is 0 Å². The lowest BCUT2D eigenvalue weighted by Gasteiger charge is -2.05. The monoisotopic (exact) mass is 98.1 g/mol.